The van der Waals surface area contributed by atoms with E-state index in [0.29, 0.717) is 24.3 Å². The van der Waals surface area contributed by atoms with Gasteiger partial charge in [-0.3, -0.25) is 0 Å². The van der Waals surface area contributed by atoms with Gasteiger partial charge in [0.15, 0.2) is 0 Å². The van der Waals surface area contributed by atoms with Crippen molar-refractivity contribution < 1.29 is 19.2 Å². The van der Waals surface area contributed by atoms with Gasteiger partial charge >= 0.3 is 12.0 Å². The number of nitrogens with zero attached hydrogens (tertiary/aromatic N) is 1. The van der Waals surface area contributed by atoms with Gasteiger partial charge in [-0.1, -0.05) is 5.16 Å². The number of aromatic nitrogens is 1. The fraction of sp³-hybridized carbons (Fsp3) is 0.545. The van der Waals surface area contributed by atoms with E-state index in [0.717, 1.165) is 6.42 Å². The van der Waals surface area contributed by atoms with Crippen molar-refractivity contribution in [2.45, 2.75) is 38.3 Å². The Morgan fingerprint density at radius 2 is 2.28 bits per heavy atom. The van der Waals surface area contributed by atoms with Gasteiger partial charge in [0, 0.05) is 6.07 Å². The highest BCUT2D eigenvalue weighted by atomic mass is 16.5. The Morgan fingerprint density at radius 3 is 2.72 bits per heavy atom. The Labute approximate surface area is 104 Å². The topological polar surface area (TPSA) is 104 Å². The van der Waals surface area contributed by atoms with Gasteiger partial charge in [0.05, 0.1) is 6.54 Å². The maximum atomic E-state index is 11.6. The first kappa shape index (κ1) is 12.4. The van der Waals surface area contributed by atoms with Gasteiger partial charge in [0.2, 0.25) is 0 Å². The van der Waals surface area contributed by atoms with E-state index < -0.39 is 17.5 Å². The maximum absolute atomic E-state index is 11.6. The van der Waals surface area contributed by atoms with Crippen LogP contribution in [0.15, 0.2) is 10.6 Å². The number of urea groups is 1. The molecule has 1 fully saturated rings. The second-order valence-corrected chi connectivity index (χ2v) is 4.48. The van der Waals surface area contributed by atoms with Crippen molar-refractivity contribution in [1.82, 2.24) is 15.8 Å². The number of aliphatic carboxylic acids is 1. The number of hydrogen-bond acceptors (Lipinski definition) is 4. The molecule has 7 nitrogen and oxygen atoms in total. The van der Waals surface area contributed by atoms with Crippen LogP contribution in [0.1, 0.15) is 30.7 Å². The lowest BCUT2D eigenvalue weighted by atomic mass is 9.77. The summed E-state index contributed by atoms with van der Waals surface area (Å²) in [5, 5.41) is 17.8. The monoisotopic (exact) mass is 253 g/mol. The van der Waals surface area contributed by atoms with Gasteiger partial charge in [0.25, 0.3) is 0 Å². The summed E-state index contributed by atoms with van der Waals surface area (Å²) in [5.41, 5.74) is -0.496. The van der Waals surface area contributed by atoms with Crippen molar-refractivity contribution in [2.75, 3.05) is 0 Å². The lowest BCUT2D eigenvalue weighted by Gasteiger charge is -2.38. The Hall–Kier alpha value is -2.05. The molecule has 2 rings (SSSR count). The highest BCUT2D eigenvalue weighted by Gasteiger charge is 2.45. The number of rotatable bonds is 4. The first-order chi connectivity index (χ1) is 8.52. The number of nitrogens with one attached hydrogen (secondary N) is 2. The first-order valence-electron chi connectivity index (χ1n) is 5.73. The van der Waals surface area contributed by atoms with Crippen LogP contribution in [0.4, 0.5) is 4.79 Å². The Bertz CT molecular complexity index is 465. The SMILES string of the molecule is Cc1cc(CNC(=O)NC2(C(=O)O)CCC2)no1. The predicted octanol–water partition coefficient (Wildman–Crippen LogP) is 0.790. The Morgan fingerprint density at radius 1 is 1.56 bits per heavy atom. The third kappa shape index (κ3) is 2.44. The van der Waals surface area contributed by atoms with Crippen LogP contribution >= 0.6 is 0 Å². The second-order valence-electron chi connectivity index (χ2n) is 4.48. The van der Waals surface area contributed by atoms with E-state index in [1.165, 1.54) is 0 Å². The summed E-state index contributed by atoms with van der Waals surface area (Å²) in [6.07, 6.45) is 1.76. The van der Waals surface area contributed by atoms with Crippen LogP contribution < -0.4 is 10.6 Å². The molecule has 98 valence electrons. The number of carboxylic acids is 1. The molecule has 0 spiro atoms. The van der Waals surface area contributed by atoms with Crippen molar-refractivity contribution in [2.24, 2.45) is 0 Å². The molecule has 1 saturated carbocycles. The van der Waals surface area contributed by atoms with Crippen LogP contribution in [0.3, 0.4) is 0 Å². The fourth-order valence-corrected chi connectivity index (χ4v) is 1.86. The molecule has 0 unspecified atom stereocenters. The normalized spacial score (nSPS) is 16.7. The minimum atomic E-state index is -1.09. The van der Waals surface area contributed by atoms with Gasteiger partial charge < -0.3 is 20.3 Å². The number of carbonyl (C=O) groups excluding carboxylic acids is 1. The lowest BCUT2D eigenvalue weighted by Crippen LogP contribution is -2.61. The molecule has 0 bridgehead atoms. The third-order valence-corrected chi connectivity index (χ3v) is 3.08. The molecule has 0 atom stereocenters. The van der Waals surface area contributed by atoms with E-state index in [9.17, 15) is 9.59 Å². The van der Waals surface area contributed by atoms with Crippen molar-refractivity contribution in [3.05, 3.63) is 17.5 Å². The molecule has 7 heteroatoms. The predicted molar refractivity (Wildman–Crippen MR) is 60.8 cm³/mol. The molecular weight excluding hydrogens is 238 g/mol. The van der Waals surface area contributed by atoms with E-state index in [1.807, 2.05) is 0 Å². The van der Waals surface area contributed by atoms with Crippen LogP contribution in [0.5, 0.6) is 0 Å². The molecule has 0 radical (unpaired) electrons. The van der Waals surface area contributed by atoms with Gasteiger partial charge in [-0.2, -0.15) is 0 Å². The van der Waals surface area contributed by atoms with Crippen LogP contribution in [-0.4, -0.2) is 27.8 Å². The average molecular weight is 253 g/mol. The van der Waals surface area contributed by atoms with Gasteiger partial charge in [-0.25, -0.2) is 9.59 Å². The van der Waals surface area contributed by atoms with Crippen LogP contribution in [-0.2, 0) is 11.3 Å². The van der Waals surface area contributed by atoms with E-state index >= 15 is 0 Å². The molecule has 2 amide bonds. The molecule has 1 aliphatic rings. The molecule has 1 aliphatic carbocycles. The third-order valence-electron chi connectivity index (χ3n) is 3.08. The summed E-state index contributed by atoms with van der Waals surface area (Å²) in [5.74, 6) is -0.325. The van der Waals surface area contributed by atoms with Gasteiger partial charge in [-0.05, 0) is 26.2 Å². The number of hydrogen-bond donors (Lipinski definition) is 3. The molecule has 3 N–H and O–H groups in total. The summed E-state index contributed by atoms with van der Waals surface area (Å²) in [6.45, 7) is 1.96. The zero-order valence-corrected chi connectivity index (χ0v) is 10.0. The summed E-state index contributed by atoms with van der Waals surface area (Å²) >= 11 is 0. The largest absolute Gasteiger partial charge is 0.480 e. The molecule has 18 heavy (non-hydrogen) atoms. The minimum absolute atomic E-state index is 0.207. The van der Waals surface area contributed by atoms with Gasteiger partial charge in [0.1, 0.15) is 17.0 Å². The summed E-state index contributed by atoms with van der Waals surface area (Å²) in [6, 6.07) is 1.20. The minimum Gasteiger partial charge on any atom is -0.480 e. The molecule has 1 aromatic rings. The first-order valence-corrected chi connectivity index (χ1v) is 5.73. The Kier molecular flexibility index (Phi) is 3.22. The van der Waals surface area contributed by atoms with E-state index in [1.54, 1.807) is 13.0 Å². The molecule has 1 aromatic heterocycles. The fourth-order valence-electron chi connectivity index (χ4n) is 1.86. The Balaban J connectivity index is 1.83. The number of carbonyl (C=O) groups is 2. The van der Waals surface area contributed by atoms with Crippen molar-refractivity contribution in [1.29, 1.82) is 0 Å². The molecule has 0 saturated heterocycles. The maximum Gasteiger partial charge on any atom is 0.329 e. The van der Waals surface area contributed by atoms with E-state index in [4.69, 9.17) is 9.63 Å². The highest BCUT2D eigenvalue weighted by molar-refractivity contribution is 5.87. The average Bonchev–Trinajstić information content (AvgIpc) is 2.66. The number of aryl methyl sites for hydroxylation is 1. The van der Waals surface area contributed by atoms with E-state index in [2.05, 4.69) is 15.8 Å². The van der Waals surface area contributed by atoms with Gasteiger partial charge in [-0.15, -0.1) is 0 Å². The van der Waals surface area contributed by atoms with Crippen LogP contribution in [0.25, 0.3) is 0 Å². The summed E-state index contributed by atoms with van der Waals surface area (Å²) < 4.78 is 4.85. The summed E-state index contributed by atoms with van der Waals surface area (Å²) in [4.78, 5) is 22.6. The molecule has 0 aliphatic heterocycles. The smallest absolute Gasteiger partial charge is 0.329 e. The summed E-state index contributed by atoms with van der Waals surface area (Å²) in [7, 11) is 0. The second kappa shape index (κ2) is 4.67. The quantitative estimate of drug-likeness (QED) is 0.735. The van der Waals surface area contributed by atoms with Crippen molar-refractivity contribution in [3.8, 4) is 0 Å². The molecular formula is C11H15N3O4. The molecule has 0 aromatic carbocycles. The van der Waals surface area contributed by atoms with Crippen LogP contribution in [0, 0.1) is 6.92 Å². The molecule has 1 heterocycles. The van der Waals surface area contributed by atoms with Crippen molar-refractivity contribution >= 4 is 12.0 Å². The van der Waals surface area contributed by atoms with E-state index in [-0.39, 0.29) is 6.54 Å². The number of amides is 2. The highest BCUT2D eigenvalue weighted by Crippen LogP contribution is 2.31. The zero-order chi connectivity index (χ0) is 13.2. The standard InChI is InChI=1S/C11H15N3O4/c1-7-5-8(14-18-7)6-12-10(17)13-11(9(15)16)3-2-4-11/h5H,2-4,6H2,1H3,(H,15,16)(H2,12,13,17). The van der Waals surface area contributed by atoms with Crippen LogP contribution in [0.2, 0.25) is 0 Å². The van der Waals surface area contributed by atoms with Crippen molar-refractivity contribution in [3.63, 3.8) is 0 Å². The zero-order valence-electron chi connectivity index (χ0n) is 10.0. The lowest BCUT2D eigenvalue weighted by molar-refractivity contribution is -0.148. The number of carboxylic acid groups (broad SMARTS) is 1.